The molecule has 0 aliphatic carbocycles. The topological polar surface area (TPSA) is 33.5 Å². The molecule has 0 N–H and O–H groups in total. The van der Waals surface area contributed by atoms with Gasteiger partial charge in [0.05, 0.1) is 0 Å². The van der Waals surface area contributed by atoms with Crippen LogP contribution in [0.15, 0.2) is 207 Å². The second-order valence-corrected chi connectivity index (χ2v) is 23.1. The van der Waals surface area contributed by atoms with E-state index in [0.717, 1.165) is 61.4 Å². The Morgan fingerprint density at radius 1 is 0.487 bits per heavy atom. The van der Waals surface area contributed by atoms with Gasteiger partial charge in [-0.15, -0.1) is 53.8 Å². The molecule has 5 nitrogen and oxygen atoms in total. The normalized spacial score (nSPS) is 13.3. The van der Waals surface area contributed by atoms with Crippen molar-refractivity contribution in [2.75, 3.05) is 9.80 Å². The van der Waals surface area contributed by atoms with Gasteiger partial charge < -0.3 is 19.1 Å². The van der Waals surface area contributed by atoms with Crippen molar-refractivity contribution in [2.45, 2.75) is 90.9 Å². The van der Waals surface area contributed by atoms with E-state index in [1.807, 2.05) is 6.20 Å². The molecule has 6 heteroatoms. The van der Waals surface area contributed by atoms with Crippen molar-refractivity contribution in [3.8, 4) is 28.4 Å². The molecule has 0 bridgehead atoms. The summed E-state index contributed by atoms with van der Waals surface area (Å²) in [6.45, 7) is 25.0. The quantitative estimate of drug-likeness (QED) is 0.121. The van der Waals surface area contributed by atoms with E-state index in [4.69, 9.17) is 9.72 Å². The summed E-state index contributed by atoms with van der Waals surface area (Å²) in [4.78, 5) is 9.63. The molecule has 0 atom stereocenters. The molecule has 0 saturated heterocycles. The molecule has 0 spiro atoms. The maximum absolute atomic E-state index is 7.27. The SMILES string of the molecule is CC(C)(C)c1cc(Oc2[c-]c3c(c(C(C)(C)c4ccccc4)c2)c2ccccc2n3-c2cc(C(C)(C)c3ccccc3)ccn2)[c-]c(N2[CH-]N(c3cc(-c4ccccc4)cc(C(C)(C)C)c3)C=C2c2ccccc2)c1.[Pt]. The summed E-state index contributed by atoms with van der Waals surface area (Å²) in [5, 5.41) is 2.25. The van der Waals surface area contributed by atoms with E-state index in [9.17, 15) is 0 Å². The zero-order valence-electron chi connectivity index (χ0n) is 45.2. The van der Waals surface area contributed by atoms with E-state index in [-0.39, 0.29) is 37.3 Å². The maximum Gasteiger partial charge on any atom is 0.135 e. The summed E-state index contributed by atoms with van der Waals surface area (Å²) >= 11 is 0. The van der Waals surface area contributed by atoms with Gasteiger partial charge in [-0.05, 0) is 97.1 Å². The Hall–Kier alpha value is -7.46. The fraction of sp³-hybridized carbons (Fsp3) is 0.200. The molecule has 0 unspecified atom stereocenters. The summed E-state index contributed by atoms with van der Waals surface area (Å²) < 4.78 is 9.54. The zero-order valence-corrected chi connectivity index (χ0v) is 47.5. The number of hydrogen-bond acceptors (Lipinski definition) is 4. The maximum atomic E-state index is 7.27. The first kappa shape index (κ1) is 52.0. The van der Waals surface area contributed by atoms with Crippen LogP contribution < -0.4 is 14.5 Å². The van der Waals surface area contributed by atoms with Crippen LogP contribution in [0.4, 0.5) is 11.4 Å². The van der Waals surface area contributed by atoms with Crippen LogP contribution in [0.5, 0.6) is 11.5 Å². The molecule has 1 aliphatic heterocycles. The van der Waals surface area contributed by atoms with Crippen molar-refractivity contribution in [1.29, 1.82) is 0 Å². The number of pyridine rings is 1. The number of anilines is 2. The van der Waals surface area contributed by atoms with Gasteiger partial charge in [-0.3, -0.25) is 0 Å². The Balaban J connectivity index is 0.00000657. The van der Waals surface area contributed by atoms with Crippen LogP contribution in [-0.2, 0) is 42.7 Å². The molecule has 0 radical (unpaired) electrons. The number of benzene rings is 8. The number of hydrogen-bond donors (Lipinski definition) is 0. The minimum atomic E-state index is -0.442. The van der Waals surface area contributed by atoms with E-state index in [0.29, 0.717) is 11.5 Å². The monoisotopic (exact) mass is 1170 g/mol. The van der Waals surface area contributed by atoms with Crippen molar-refractivity contribution in [3.05, 3.63) is 264 Å². The predicted octanol–water partition coefficient (Wildman–Crippen LogP) is 17.9. The summed E-state index contributed by atoms with van der Waals surface area (Å²) in [6.07, 6.45) is 4.18. The van der Waals surface area contributed by atoms with Gasteiger partial charge in [0, 0.05) is 61.1 Å². The number of rotatable bonds is 11. The fourth-order valence-electron chi connectivity index (χ4n) is 10.6. The number of nitrogens with zero attached hydrogens (tertiary/aromatic N) is 4. The van der Waals surface area contributed by atoms with Crippen LogP contribution in [0.25, 0.3) is 44.4 Å². The fourth-order valence-corrected chi connectivity index (χ4v) is 10.6. The van der Waals surface area contributed by atoms with Crippen molar-refractivity contribution in [3.63, 3.8) is 0 Å². The van der Waals surface area contributed by atoms with Crippen LogP contribution in [0.2, 0.25) is 0 Å². The van der Waals surface area contributed by atoms with Gasteiger partial charge in [-0.2, -0.15) is 0 Å². The molecule has 384 valence electrons. The van der Waals surface area contributed by atoms with E-state index in [2.05, 4.69) is 303 Å². The summed E-state index contributed by atoms with van der Waals surface area (Å²) in [7, 11) is 0. The molecule has 76 heavy (non-hydrogen) atoms. The molecule has 3 heterocycles. The van der Waals surface area contributed by atoms with E-state index < -0.39 is 5.41 Å². The Bertz CT molecular complexity index is 3730. The van der Waals surface area contributed by atoms with Gasteiger partial charge in [0.2, 0.25) is 0 Å². The van der Waals surface area contributed by atoms with Crippen LogP contribution in [0, 0.1) is 18.8 Å². The smallest absolute Gasteiger partial charge is 0.135 e. The molecular weight excluding hydrogens is 1110 g/mol. The van der Waals surface area contributed by atoms with E-state index in [1.54, 1.807) is 0 Å². The summed E-state index contributed by atoms with van der Waals surface area (Å²) in [5.41, 5.74) is 14.5. The molecule has 0 fully saturated rings. The second-order valence-electron chi connectivity index (χ2n) is 23.1. The van der Waals surface area contributed by atoms with Gasteiger partial charge in [0.25, 0.3) is 0 Å². The zero-order chi connectivity index (χ0) is 52.3. The van der Waals surface area contributed by atoms with Gasteiger partial charge in [-0.1, -0.05) is 226 Å². The Kier molecular flexibility index (Phi) is 13.9. The summed E-state index contributed by atoms with van der Waals surface area (Å²) in [6, 6.07) is 77.1. The third-order valence-electron chi connectivity index (χ3n) is 15.2. The van der Waals surface area contributed by atoms with E-state index in [1.165, 1.54) is 33.4 Å². The number of ether oxygens (including phenoxy) is 1. The Morgan fingerprint density at radius 3 is 1.70 bits per heavy atom. The summed E-state index contributed by atoms with van der Waals surface area (Å²) in [5.74, 6) is 2.02. The molecular formula is C70H65N4OPt-3. The van der Waals surface area contributed by atoms with Crippen LogP contribution in [-0.4, -0.2) is 9.55 Å². The third-order valence-corrected chi connectivity index (χ3v) is 15.2. The van der Waals surface area contributed by atoms with Crippen LogP contribution in [0.3, 0.4) is 0 Å². The largest absolute Gasteiger partial charge is 0.509 e. The first-order chi connectivity index (χ1) is 35.9. The molecule has 2 aromatic heterocycles. The van der Waals surface area contributed by atoms with Gasteiger partial charge in [-0.25, -0.2) is 4.98 Å². The molecule has 1 aliphatic rings. The molecule has 11 rings (SSSR count). The third kappa shape index (κ3) is 9.94. The molecule has 8 aromatic carbocycles. The molecule has 10 aromatic rings. The van der Waals surface area contributed by atoms with E-state index >= 15 is 0 Å². The standard InChI is InChI=1S/C70H65N4O.Pt/c1-67(2,3)54-37-50(48-25-15-11-16-26-48)38-56(39-54)72-46-64(49-27-17-12-18-28-49)73(47-72)57-40-55(68(4,5)6)41-58(43-57)75-59-44-61(70(9,10)52-31-21-14-22-32-52)66-60-33-23-24-34-62(60)74(63(66)45-59)65-42-53(35-36-71-65)69(7,8)51-29-19-13-20-30-51;/h11-42,44,46-47H,1-10H3;/q-3;. The minimum Gasteiger partial charge on any atom is -0.509 e. The van der Waals surface area contributed by atoms with Gasteiger partial charge >= 0.3 is 0 Å². The van der Waals surface area contributed by atoms with Gasteiger partial charge in [0.15, 0.2) is 0 Å². The molecule has 0 amide bonds. The first-order valence-electron chi connectivity index (χ1n) is 26.2. The van der Waals surface area contributed by atoms with Crippen molar-refractivity contribution in [2.24, 2.45) is 0 Å². The Morgan fingerprint density at radius 2 is 1.05 bits per heavy atom. The first-order valence-corrected chi connectivity index (χ1v) is 26.2. The minimum absolute atomic E-state index is 0. The van der Waals surface area contributed by atoms with Crippen molar-refractivity contribution < 1.29 is 25.8 Å². The van der Waals surface area contributed by atoms with Crippen molar-refractivity contribution in [1.82, 2.24) is 9.55 Å². The average molecular weight is 1170 g/mol. The van der Waals surface area contributed by atoms with Gasteiger partial charge in [0.1, 0.15) is 5.82 Å². The number of fused-ring (bicyclic) bond motifs is 3. The number of aromatic nitrogens is 2. The number of para-hydroxylation sites is 1. The van der Waals surface area contributed by atoms with Crippen LogP contribution in [0.1, 0.15) is 108 Å². The molecule has 0 saturated carbocycles. The predicted molar refractivity (Wildman–Crippen MR) is 313 cm³/mol. The average Bonchev–Trinajstić information content (AvgIpc) is 4.16. The van der Waals surface area contributed by atoms with Crippen LogP contribution >= 0.6 is 0 Å². The Labute approximate surface area is 464 Å². The van der Waals surface area contributed by atoms with Crippen molar-refractivity contribution >= 4 is 38.9 Å². The second kappa shape index (κ2) is 20.2.